The molecule has 110 valence electrons. The largest absolute Gasteiger partial charge is 0.364 e. The van der Waals surface area contributed by atoms with Crippen LogP contribution in [0.1, 0.15) is 44.7 Å². The van der Waals surface area contributed by atoms with Gasteiger partial charge in [0.05, 0.1) is 0 Å². The SMILES string of the molecule is C=CCN(c1cccc(F)c1C(C)NCCC)C1CC1. The fourth-order valence-electron chi connectivity index (χ4n) is 2.64. The Hall–Kier alpha value is -1.35. The summed E-state index contributed by atoms with van der Waals surface area (Å²) in [6.07, 6.45) is 5.34. The summed E-state index contributed by atoms with van der Waals surface area (Å²) < 4.78 is 14.3. The molecule has 1 N–H and O–H groups in total. The summed E-state index contributed by atoms with van der Waals surface area (Å²) in [7, 11) is 0. The summed E-state index contributed by atoms with van der Waals surface area (Å²) in [6.45, 7) is 9.67. The lowest BCUT2D eigenvalue weighted by Gasteiger charge is -2.28. The Morgan fingerprint density at radius 2 is 2.25 bits per heavy atom. The molecular formula is C17H25FN2. The molecule has 1 atom stereocenters. The van der Waals surface area contributed by atoms with Crippen LogP contribution in [-0.2, 0) is 0 Å². The average Bonchev–Trinajstić information content (AvgIpc) is 3.26. The third-order valence-electron chi connectivity index (χ3n) is 3.79. The van der Waals surface area contributed by atoms with Crippen LogP contribution < -0.4 is 10.2 Å². The molecule has 20 heavy (non-hydrogen) atoms. The zero-order valence-electron chi connectivity index (χ0n) is 12.5. The zero-order valence-corrected chi connectivity index (χ0v) is 12.5. The molecule has 0 spiro atoms. The van der Waals surface area contributed by atoms with Crippen molar-refractivity contribution in [1.29, 1.82) is 0 Å². The van der Waals surface area contributed by atoms with Crippen LogP contribution in [0.4, 0.5) is 10.1 Å². The number of rotatable bonds is 8. The summed E-state index contributed by atoms with van der Waals surface area (Å²) in [4.78, 5) is 2.29. The monoisotopic (exact) mass is 276 g/mol. The fraction of sp³-hybridized carbons (Fsp3) is 0.529. The minimum Gasteiger partial charge on any atom is -0.364 e. The van der Waals surface area contributed by atoms with E-state index in [1.165, 1.54) is 12.8 Å². The van der Waals surface area contributed by atoms with E-state index in [0.29, 0.717) is 6.04 Å². The Labute approximate surface area is 121 Å². The first-order chi connectivity index (χ1) is 9.69. The predicted octanol–water partition coefficient (Wildman–Crippen LogP) is 4.04. The van der Waals surface area contributed by atoms with Crippen LogP contribution in [0.2, 0.25) is 0 Å². The van der Waals surface area contributed by atoms with E-state index in [4.69, 9.17) is 0 Å². The quantitative estimate of drug-likeness (QED) is 0.721. The average molecular weight is 276 g/mol. The minimum atomic E-state index is -0.117. The molecule has 1 fully saturated rings. The van der Waals surface area contributed by atoms with Gasteiger partial charge in [-0.1, -0.05) is 19.1 Å². The van der Waals surface area contributed by atoms with Gasteiger partial charge in [0.15, 0.2) is 0 Å². The Kier molecular flexibility index (Phi) is 5.18. The van der Waals surface area contributed by atoms with E-state index in [2.05, 4.69) is 23.7 Å². The third kappa shape index (κ3) is 3.40. The second-order valence-electron chi connectivity index (χ2n) is 5.52. The molecule has 1 saturated carbocycles. The van der Waals surface area contributed by atoms with Crippen molar-refractivity contribution in [2.75, 3.05) is 18.0 Å². The summed E-state index contributed by atoms with van der Waals surface area (Å²) in [5.41, 5.74) is 1.80. The fourth-order valence-corrected chi connectivity index (χ4v) is 2.64. The Morgan fingerprint density at radius 3 is 2.85 bits per heavy atom. The number of nitrogens with one attached hydrogen (secondary N) is 1. The van der Waals surface area contributed by atoms with Crippen molar-refractivity contribution < 1.29 is 4.39 Å². The molecule has 0 aliphatic heterocycles. The maximum Gasteiger partial charge on any atom is 0.130 e. The van der Waals surface area contributed by atoms with Gasteiger partial charge in [0.2, 0.25) is 0 Å². The van der Waals surface area contributed by atoms with Crippen LogP contribution in [0.3, 0.4) is 0 Å². The second kappa shape index (κ2) is 6.89. The first-order valence-electron chi connectivity index (χ1n) is 7.58. The van der Waals surface area contributed by atoms with Gasteiger partial charge < -0.3 is 10.2 Å². The Balaban J connectivity index is 2.31. The molecule has 0 heterocycles. The molecule has 0 radical (unpaired) electrons. The van der Waals surface area contributed by atoms with Crippen molar-refractivity contribution in [3.8, 4) is 0 Å². The number of nitrogens with zero attached hydrogens (tertiary/aromatic N) is 1. The van der Waals surface area contributed by atoms with Gasteiger partial charge in [-0.3, -0.25) is 0 Å². The second-order valence-corrected chi connectivity index (χ2v) is 5.52. The molecule has 0 saturated heterocycles. The third-order valence-corrected chi connectivity index (χ3v) is 3.79. The minimum absolute atomic E-state index is 0.0252. The number of hydrogen-bond donors (Lipinski definition) is 1. The molecule has 3 heteroatoms. The molecule has 1 aromatic carbocycles. The van der Waals surface area contributed by atoms with Gasteiger partial charge in [0.25, 0.3) is 0 Å². The normalized spacial score (nSPS) is 15.9. The van der Waals surface area contributed by atoms with Crippen molar-refractivity contribution in [1.82, 2.24) is 5.32 Å². The Bertz CT molecular complexity index is 454. The number of hydrogen-bond acceptors (Lipinski definition) is 2. The van der Waals surface area contributed by atoms with Crippen LogP contribution in [0, 0.1) is 5.82 Å². The van der Waals surface area contributed by atoms with Crippen LogP contribution in [0.25, 0.3) is 0 Å². The molecule has 0 amide bonds. The molecule has 1 aromatic rings. The highest BCUT2D eigenvalue weighted by Crippen LogP contribution is 2.36. The molecule has 2 rings (SSSR count). The van der Waals surface area contributed by atoms with Crippen molar-refractivity contribution in [3.05, 3.63) is 42.2 Å². The van der Waals surface area contributed by atoms with E-state index in [-0.39, 0.29) is 11.9 Å². The molecule has 1 aliphatic carbocycles. The van der Waals surface area contributed by atoms with Crippen molar-refractivity contribution >= 4 is 5.69 Å². The van der Waals surface area contributed by atoms with Gasteiger partial charge in [-0.05, 0) is 44.9 Å². The van der Waals surface area contributed by atoms with Crippen LogP contribution >= 0.6 is 0 Å². The smallest absolute Gasteiger partial charge is 0.130 e. The number of halogens is 1. The zero-order chi connectivity index (χ0) is 14.5. The van der Waals surface area contributed by atoms with Gasteiger partial charge in [0.1, 0.15) is 5.82 Å². The summed E-state index contributed by atoms with van der Waals surface area (Å²) in [6, 6.07) is 5.97. The van der Waals surface area contributed by atoms with Crippen LogP contribution in [-0.4, -0.2) is 19.1 Å². The molecule has 1 unspecified atom stereocenters. The standard InChI is InChI=1S/C17H25FN2/c1-4-11-19-13(3)17-15(18)7-6-8-16(17)20(12-5-2)14-9-10-14/h5-8,13-14,19H,2,4,9-12H2,1,3H3. The van der Waals surface area contributed by atoms with E-state index in [1.54, 1.807) is 12.1 Å². The van der Waals surface area contributed by atoms with E-state index >= 15 is 0 Å². The lowest BCUT2D eigenvalue weighted by molar-refractivity contribution is 0.526. The highest BCUT2D eigenvalue weighted by molar-refractivity contribution is 5.57. The predicted molar refractivity (Wildman–Crippen MR) is 83.7 cm³/mol. The van der Waals surface area contributed by atoms with Gasteiger partial charge >= 0.3 is 0 Å². The highest BCUT2D eigenvalue weighted by Gasteiger charge is 2.31. The molecule has 0 aromatic heterocycles. The van der Waals surface area contributed by atoms with Crippen molar-refractivity contribution in [2.45, 2.75) is 45.2 Å². The van der Waals surface area contributed by atoms with E-state index in [0.717, 1.165) is 30.8 Å². The van der Waals surface area contributed by atoms with E-state index in [1.807, 2.05) is 19.1 Å². The molecule has 2 nitrogen and oxygen atoms in total. The topological polar surface area (TPSA) is 15.3 Å². The molecule has 1 aliphatic rings. The van der Waals surface area contributed by atoms with Gasteiger partial charge in [0, 0.05) is 29.9 Å². The number of benzene rings is 1. The summed E-state index contributed by atoms with van der Waals surface area (Å²) in [5.74, 6) is -0.117. The highest BCUT2D eigenvalue weighted by atomic mass is 19.1. The van der Waals surface area contributed by atoms with Crippen LogP contribution in [0.15, 0.2) is 30.9 Å². The van der Waals surface area contributed by atoms with E-state index < -0.39 is 0 Å². The maximum absolute atomic E-state index is 14.3. The lowest BCUT2D eigenvalue weighted by atomic mass is 10.0. The lowest BCUT2D eigenvalue weighted by Crippen LogP contribution is -2.29. The molecule has 0 bridgehead atoms. The van der Waals surface area contributed by atoms with Crippen LogP contribution in [0.5, 0.6) is 0 Å². The summed E-state index contributed by atoms with van der Waals surface area (Å²) >= 11 is 0. The molecular weight excluding hydrogens is 251 g/mol. The van der Waals surface area contributed by atoms with E-state index in [9.17, 15) is 4.39 Å². The maximum atomic E-state index is 14.3. The number of anilines is 1. The van der Waals surface area contributed by atoms with Gasteiger partial charge in [-0.25, -0.2) is 4.39 Å². The van der Waals surface area contributed by atoms with Crippen molar-refractivity contribution in [3.63, 3.8) is 0 Å². The Morgan fingerprint density at radius 1 is 1.50 bits per heavy atom. The van der Waals surface area contributed by atoms with Crippen molar-refractivity contribution in [2.24, 2.45) is 0 Å². The first kappa shape index (κ1) is 15.0. The summed E-state index contributed by atoms with van der Waals surface area (Å²) in [5, 5.41) is 3.39. The van der Waals surface area contributed by atoms with Gasteiger partial charge in [-0.2, -0.15) is 0 Å². The van der Waals surface area contributed by atoms with Gasteiger partial charge in [-0.15, -0.1) is 6.58 Å². The first-order valence-corrected chi connectivity index (χ1v) is 7.58.